The Morgan fingerprint density at radius 3 is 2.84 bits per heavy atom. The molecular weight excluding hydrogens is 244 g/mol. The second kappa shape index (κ2) is 5.84. The molecule has 0 atom stereocenters. The maximum atomic E-state index is 11.9. The van der Waals surface area contributed by atoms with Gasteiger partial charge in [0.15, 0.2) is 0 Å². The Hall–Kier alpha value is -1.88. The fourth-order valence-electron chi connectivity index (χ4n) is 2.35. The number of anilines is 1. The van der Waals surface area contributed by atoms with Crippen LogP contribution in [0.2, 0.25) is 0 Å². The summed E-state index contributed by atoms with van der Waals surface area (Å²) >= 11 is 0. The molecule has 0 bridgehead atoms. The molecule has 5 nitrogen and oxygen atoms in total. The first-order valence-corrected chi connectivity index (χ1v) is 6.46. The van der Waals surface area contributed by atoms with Crippen molar-refractivity contribution in [1.29, 1.82) is 0 Å². The second-order valence-corrected chi connectivity index (χ2v) is 4.74. The van der Waals surface area contributed by atoms with Gasteiger partial charge in [0.2, 0.25) is 5.91 Å². The molecule has 0 saturated carbocycles. The zero-order chi connectivity index (χ0) is 13.8. The number of carbonyl (C=O) groups is 2. The molecule has 1 heterocycles. The Morgan fingerprint density at radius 2 is 2.16 bits per heavy atom. The van der Waals surface area contributed by atoms with E-state index < -0.39 is 5.97 Å². The number of hydrogen-bond donors (Lipinski definition) is 2. The lowest BCUT2D eigenvalue weighted by Crippen LogP contribution is -2.27. The number of nitrogens with two attached hydrogens (primary N) is 1. The van der Waals surface area contributed by atoms with Gasteiger partial charge in [0.05, 0.1) is 6.42 Å². The minimum atomic E-state index is -0.791. The second-order valence-electron chi connectivity index (χ2n) is 4.74. The third kappa shape index (κ3) is 3.12. The summed E-state index contributed by atoms with van der Waals surface area (Å²) in [6.07, 6.45) is 1.87. The topological polar surface area (TPSA) is 83.6 Å². The van der Waals surface area contributed by atoms with Gasteiger partial charge in [0.1, 0.15) is 0 Å². The Morgan fingerprint density at radius 1 is 1.37 bits per heavy atom. The molecule has 1 aromatic rings. The van der Waals surface area contributed by atoms with Gasteiger partial charge in [-0.25, -0.2) is 0 Å². The van der Waals surface area contributed by atoms with E-state index in [1.165, 1.54) is 0 Å². The molecule has 19 heavy (non-hydrogen) atoms. The van der Waals surface area contributed by atoms with Gasteiger partial charge in [-0.15, -0.1) is 0 Å². The minimum Gasteiger partial charge on any atom is -0.481 e. The van der Waals surface area contributed by atoms with Crippen LogP contribution in [-0.4, -0.2) is 23.5 Å². The van der Waals surface area contributed by atoms with Crippen molar-refractivity contribution < 1.29 is 14.7 Å². The Balaban J connectivity index is 2.00. The standard InChI is InChI=1S/C14H18N2O3/c15-9-10-4-5-12-11(7-10)8-13(17)16(12)6-2-1-3-14(18)19/h4-5,7H,1-3,6,8-9,15H2,(H,18,19). The molecule has 102 valence electrons. The molecule has 0 radical (unpaired) electrons. The van der Waals surface area contributed by atoms with Crippen molar-refractivity contribution in [3.63, 3.8) is 0 Å². The highest BCUT2D eigenvalue weighted by molar-refractivity contribution is 6.01. The fraction of sp³-hybridized carbons (Fsp3) is 0.429. The van der Waals surface area contributed by atoms with E-state index in [4.69, 9.17) is 10.8 Å². The first-order valence-electron chi connectivity index (χ1n) is 6.46. The first kappa shape index (κ1) is 13.5. The van der Waals surface area contributed by atoms with Crippen molar-refractivity contribution in [3.05, 3.63) is 29.3 Å². The number of rotatable bonds is 6. The van der Waals surface area contributed by atoms with Gasteiger partial charge in [0.25, 0.3) is 0 Å². The lowest BCUT2D eigenvalue weighted by Gasteiger charge is -2.17. The van der Waals surface area contributed by atoms with Gasteiger partial charge >= 0.3 is 5.97 Å². The highest BCUT2D eigenvalue weighted by atomic mass is 16.4. The van der Waals surface area contributed by atoms with Crippen LogP contribution in [0.15, 0.2) is 18.2 Å². The lowest BCUT2D eigenvalue weighted by molar-refractivity contribution is -0.137. The maximum Gasteiger partial charge on any atom is 0.303 e. The fourth-order valence-corrected chi connectivity index (χ4v) is 2.35. The average molecular weight is 262 g/mol. The SMILES string of the molecule is NCc1ccc2c(c1)CC(=O)N2CCCCC(=O)O. The average Bonchev–Trinajstić information content (AvgIpc) is 2.69. The van der Waals surface area contributed by atoms with Gasteiger partial charge < -0.3 is 15.7 Å². The van der Waals surface area contributed by atoms with E-state index in [1.807, 2.05) is 18.2 Å². The van der Waals surface area contributed by atoms with Crippen molar-refractivity contribution in [3.8, 4) is 0 Å². The number of benzene rings is 1. The van der Waals surface area contributed by atoms with Crippen LogP contribution in [-0.2, 0) is 22.6 Å². The molecule has 0 spiro atoms. The van der Waals surface area contributed by atoms with Crippen molar-refractivity contribution in [1.82, 2.24) is 0 Å². The monoisotopic (exact) mass is 262 g/mol. The normalized spacial score (nSPS) is 13.7. The Bertz CT molecular complexity index is 499. The lowest BCUT2D eigenvalue weighted by atomic mass is 10.1. The number of amides is 1. The van der Waals surface area contributed by atoms with Crippen LogP contribution in [0.1, 0.15) is 30.4 Å². The number of hydrogen-bond acceptors (Lipinski definition) is 3. The Labute approximate surface area is 112 Å². The van der Waals surface area contributed by atoms with E-state index in [1.54, 1.807) is 4.90 Å². The summed E-state index contributed by atoms with van der Waals surface area (Å²) in [5.74, 6) is -0.708. The molecule has 1 aromatic carbocycles. The third-order valence-electron chi connectivity index (χ3n) is 3.34. The van der Waals surface area contributed by atoms with Crippen LogP contribution in [0.4, 0.5) is 5.69 Å². The number of nitrogens with zero attached hydrogens (tertiary/aromatic N) is 1. The number of carboxylic acid groups (broad SMARTS) is 1. The molecule has 0 aliphatic carbocycles. The van der Waals surface area contributed by atoms with Gasteiger partial charge in [-0.1, -0.05) is 12.1 Å². The summed E-state index contributed by atoms with van der Waals surface area (Å²) in [7, 11) is 0. The number of unbranched alkanes of at least 4 members (excludes halogenated alkanes) is 1. The van der Waals surface area contributed by atoms with Crippen molar-refractivity contribution in [2.24, 2.45) is 5.73 Å². The van der Waals surface area contributed by atoms with Crippen molar-refractivity contribution in [2.45, 2.75) is 32.2 Å². The molecule has 0 unspecified atom stereocenters. The van der Waals surface area contributed by atoms with E-state index in [-0.39, 0.29) is 12.3 Å². The van der Waals surface area contributed by atoms with Gasteiger partial charge in [-0.05, 0) is 30.0 Å². The van der Waals surface area contributed by atoms with Crippen LogP contribution < -0.4 is 10.6 Å². The number of fused-ring (bicyclic) bond motifs is 1. The predicted molar refractivity (Wildman–Crippen MR) is 71.9 cm³/mol. The summed E-state index contributed by atoms with van der Waals surface area (Å²) in [6, 6.07) is 5.84. The minimum absolute atomic E-state index is 0.0829. The zero-order valence-electron chi connectivity index (χ0n) is 10.8. The number of carbonyl (C=O) groups excluding carboxylic acids is 1. The third-order valence-corrected chi connectivity index (χ3v) is 3.34. The van der Waals surface area contributed by atoms with Crippen LogP contribution >= 0.6 is 0 Å². The van der Waals surface area contributed by atoms with E-state index in [0.717, 1.165) is 16.8 Å². The summed E-state index contributed by atoms with van der Waals surface area (Å²) in [5, 5.41) is 8.58. The van der Waals surface area contributed by atoms with Gasteiger partial charge in [-0.2, -0.15) is 0 Å². The van der Waals surface area contributed by atoms with Crippen molar-refractivity contribution >= 4 is 17.6 Å². The Kier molecular flexibility index (Phi) is 4.16. The zero-order valence-corrected chi connectivity index (χ0v) is 10.8. The van der Waals surface area contributed by atoms with Gasteiger partial charge in [-0.3, -0.25) is 9.59 Å². The summed E-state index contributed by atoms with van der Waals surface area (Å²) in [5.41, 5.74) is 8.57. The van der Waals surface area contributed by atoms with E-state index in [0.29, 0.717) is 32.4 Å². The van der Waals surface area contributed by atoms with E-state index >= 15 is 0 Å². The smallest absolute Gasteiger partial charge is 0.303 e. The summed E-state index contributed by atoms with van der Waals surface area (Å²) < 4.78 is 0. The molecule has 0 saturated heterocycles. The van der Waals surface area contributed by atoms with Crippen LogP contribution in [0.5, 0.6) is 0 Å². The maximum absolute atomic E-state index is 11.9. The molecule has 5 heteroatoms. The highest BCUT2D eigenvalue weighted by Gasteiger charge is 2.26. The predicted octanol–water partition coefficient (Wildman–Crippen LogP) is 1.29. The quantitative estimate of drug-likeness (QED) is 0.757. The van der Waals surface area contributed by atoms with E-state index in [9.17, 15) is 9.59 Å². The number of aliphatic carboxylic acids is 1. The summed E-state index contributed by atoms with van der Waals surface area (Å²) in [4.78, 5) is 24.1. The van der Waals surface area contributed by atoms with Crippen LogP contribution in [0, 0.1) is 0 Å². The molecular formula is C14H18N2O3. The molecule has 1 aliphatic rings. The van der Waals surface area contributed by atoms with Crippen LogP contribution in [0.25, 0.3) is 0 Å². The summed E-state index contributed by atoms with van der Waals surface area (Å²) in [6.45, 7) is 1.06. The van der Waals surface area contributed by atoms with Crippen molar-refractivity contribution in [2.75, 3.05) is 11.4 Å². The van der Waals surface area contributed by atoms with E-state index in [2.05, 4.69) is 0 Å². The van der Waals surface area contributed by atoms with Crippen LogP contribution in [0.3, 0.4) is 0 Å². The highest BCUT2D eigenvalue weighted by Crippen LogP contribution is 2.29. The molecule has 0 fully saturated rings. The van der Waals surface area contributed by atoms with Gasteiger partial charge in [0, 0.05) is 25.2 Å². The first-order chi connectivity index (χ1) is 9.11. The number of carboxylic acids is 1. The molecule has 1 aliphatic heterocycles. The molecule has 1 amide bonds. The molecule has 3 N–H and O–H groups in total. The molecule has 0 aromatic heterocycles. The largest absolute Gasteiger partial charge is 0.481 e. The molecule has 2 rings (SSSR count).